The summed E-state index contributed by atoms with van der Waals surface area (Å²) in [4.78, 5) is 12.1. The fraction of sp³-hybridized carbons (Fsp3) is 0.500. The van der Waals surface area contributed by atoms with Gasteiger partial charge in [0.2, 0.25) is 0 Å². The van der Waals surface area contributed by atoms with Crippen LogP contribution in [0.2, 0.25) is 0 Å². The fourth-order valence-electron chi connectivity index (χ4n) is 3.75. The van der Waals surface area contributed by atoms with Crippen LogP contribution in [0.15, 0.2) is 35.9 Å². The third-order valence-corrected chi connectivity index (χ3v) is 5.28. The van der Waals surface area contributed by atoms with E-state index in [0.29, 0.717) is 12.3 Å². The molecule has 3 aliphatic carbocycles. The molecule has 106 valence electrons. The van der Waals surface area contributed by atoms with E-state index in [9.17, 15) is 9.90 Å². The maximum absolute atomic E-state index is 12.1. The minimum Gasteiger partial charge on any atom is -0.388 e. The molecule has 0 radical (unpaired) electrons. The monoisotopic (exact) mass is 270 g/mol. The van der Waals surface area contributed by atoms with Crippen molar-refractivity contribution in [2.45, 2.75) is 39.7 Å². The third-order valence-electron chi connectivity index (χ3n) is 5.28. The lowest BCUT2D eigenvalue weighted by atomic mass is 9.48. The number of carbonyl (C=O) groups is 1. The second-order valence-corrected chi connectivity index (χ2v) is 6.91. The quantitative estimate of drug-likeness (QED) is 0.911. The Kier molecular flexibility index (Phi) is 3.09. The highest BCUT2D eigenvalue weighted by atomic mass is 16.3. The lowest BCUT2D eigenvalue weighted by Gasteiger charge is -2.55. The molecule has 1 N–H and O–H groups in total. The summed E-state index contributed by atoms with van der Waals surface area (Å²) >= 11 is 0. The first-order chi connectivity index (χ1) is 9.39. The number of aliphatic hydroxyl groups is 1. The number of aryl methyl sites for hydroxylation is 1. The maximum atomic E-state index is 12.1. The molecule has 1 saturated carbocycles. The van der Waals surface area contributed by atoms with Gasteiger partial charge in [-0.05, 0) is 42.7 Å². The van der Waals surface area contributed by atoms with Crippen molar-refractivity contribution in [1.82, 2.24) is 0 Å². The Morgan fingerprint density at radius 2 is 1.90 bits per heavy atom. The molecule has 0 saturated heterocycles. The number of aliphatic hydroxyl groups excluding tert-OH is 1. The van der Waals surface area contributed by atoms with Crippen LogP contribution in [0.1, 0.15) is 43.9 Å². The van der Waals surface area contributed by atoms with Gasteiger partial charge >= 0.3 is 0 Å². The van der Waals surface area contributed by atoms with Gasteiger partial charge in [0.1, 0.15) is 0 Å². The van der Waals surface area contributed by atoms with Crippen LogP contribution in [-0.2, 0) is 4.79 Å². The van der Waals surface area contributed by atoms with Crippen molar-refractivity contribution >= 4 is 5.78 Å². The number of fused-ring (bicyclic) bond motifs is 1. The van der Waals surface area contributed by atoms with E-state index < -0.39 is 6.10 Å². The summed E-state index contributed by atoms with van der Waals surface area (Å²) in [6, 6.07) is 7.98. The Labute approximate surface area is 120 Å². The van der Waals surface area contributed by atoms with Crippen molar-refractivity contribution in [3.8, 4) is 0 Å². The van der Waals surface area contributed by atoms with Gasteiger partial charge in [-0.2, -0.15) is 0 Å². The minimum atomic E-state index is -0.511. The number of allylic oxidation sites excluding steroid dienone is 1. The molecule has 1 fully saturated rings. The highest BCUT2D eigenvalue weighted by molar-refractivity contribution is 5.96. The van der Waals surface area contributed by atoms with Crippen molar-refractivity contribution in [2.75, 3.05) is 0 Å². The van der Waals surface area contributed by atoms with Crippen LogP contribution in [0, 0.1) is 24.2 Å². The van der Waals surface area contributed by atoms with Crippen LogP contribution in [-0.4, -0.2) is 10.9 Å². The summed E-state index contributed by atoms with van der Waals surface area (Å²) in [6.07, 6.45) is 2.83. The largest absolute Gasteiger partial charge is 0.388 e. The van der Waals surface area contributed by atoms with Gasteiger partial charge in [-0.1, -0.05) is 49.2 Å². The summed E-state index contributed by atoms with van der Waals surface area (Å²) in [7, 11) is 0. The first-order valence-electron chi connectivity index (χ1n) is 7.38. The van der Waals surface area contributed by atoms with Crippen molar-refractivity contribution in [3.63, 3.8) is 0 Å². The van der Waals surface area contributed by atoms with Gasteiger partial charge in [0.05, 0.1) is 6.10 Å². The van der Waals surface area contributed by atoms with E-state index in [-0.39, 0.29) is 17.1 Å². The van der Waals surface area contributed by atoms with E-state index in [1.165, 1.54) is 5.56 Å². The standard InChI is InChI=1S/C18H22O2/c1-11-4-6-12(7-5-11)16(19)8-13-9-17(20)15-10-14(13)18(15,2)3/h4-7,9,14-16,19H,8,10H2,1-3H3. The predicted octanol–water partition coefficient (Wildman–Crippen LogP) is 3.59. The number of rotatable bonds is 3. The molecule has 0 aromatic heterocycles. The third kappa shape index (κ3) is 2.03. The molecule has 3 aliphatic rings. The van der Waals surface area contributed by atoms with Crippen molar-refractivity contribution < 1.29 is 9.90 Å². The predicted molar refractivity (Wildman–Crippen MR) is 79.2 cm³/mol. The average molecular weight is 270 g/mol. The van der Waals surface area contributed by atoms with E-state index in [4.69, 9.17) is 0 Å². The molecule has 0 spiro atoms. The lowest BCUT2D eigenvalue weighted by molar-refractivity contribution is -0.134. The zero-order valence-electron chi connectivity index (χ0n) is 12.4. The molecular weight excluding hydrogens is 248 g/mol. The molecule has 4 rings (SSSR count). The van der Waals surface area contributed by atoms with E-state index in [1.807, 2.05) is 31.2 Å². The molecule has 0 heterocycles. The van der Waals surface area contributed by atoms with Gasteiger partial charge in [0, 0.05) is 5.92 Å². The number of ketones is 1. The zero-order valence-corrected chi connectivity index (χ0v) is 12.4. The number of hydrogen-bond acceptors (Lipinski definition) is 2. The molecule has 0 amide bonds. The van der Waals surface area contributed by atoms with Crippen LogP contribution < -0.4 is 0 Å². The highest BCUT2D eigenvalue weighted by Gasteiger charge is 2.55. The Morgan fingerprint density at radius 3 is 2.45 bits per heavy atom. The number of hydrogen-bond donors (Lipinski definition) is 1. The topological polar surface area (TPSA) is 37.3 Å². The summed E-state index contributed by atoms with van der Waals surface area (Å²) in [5.41, 5.74) is 3.34. The van der Waals surface area contributed by atoms with Gasteiger partial charge in [-0.25, -0.2) is 0 Å². The normalized spacial score (nSPS) is 28.6. The van der Waals surface area contributed by atoms with Crippen LogP contribution in [0.25, 0.3) is 0 Å². The van der Waals surface area contributed by atoms with Crippen LogP contribution in [0.3, 0.4) is 0 Å². The van der Waals surface area contributed by atoms with Crippen LogP contribution in [0.5, 0.6) is 0 Å². The first-order valence-corrected chi connectivity index (χ1v) is 7.38. The summed E-state index contributed by atoms with van der Waals surface area (Å²) < 4.78 is 0. The van der Waals surface area contributed by atoms with E-state index >= 15 is 0 Å². The number of benzene rings is 1. The molecule has 3 atom stereocenters. The van der Waals surface area contributed by atoms with Gasteiger partial charge in [0.25, 0.3) is 0 Å². The molecule has 3 unspecified atom stereocenters. The molecule has 20 heavy (non-hydrogen) atoms. The van der Waals surface area contributed by atoms with Crippen molar-refractivity contribution in [3.05, 3.63) is 47.0 Å². The molecule has 0 aliphatic heterocycles. The molecule has 1 aromatic rings. The molecular formula is C18H22O2. The Balaban J connectivity index is 1.78. The minimum absolute atomic E-state index is 0.0775. The molecule has 1 aromatic carbocycles. The van der Waals surface area contributed by atoms with E-state index in [2.05, 4.69) is 13.8 Å². The van der Waals surface area contributed by atoms with E-state index in [0.717, 1.165) is 17.6 Å². The Hall–Kier alpha value is -1.41. The second-order valence-electron chi connectivity index (χ2n) is 6.91. The summed E-state index contributed by atoms with van der Waals surface area (Å²) in [5.74, 6) is 0.918. The van der Waals surface area contributed by atoms with Crippen LogP contribution in [0.4, 0.5) is 0 Å². The lowest BCUT2D eigenvalue weighted by Crippen LogP contribution is -2.52. The van der Waals surface area contributed by atoms with Crippen molar-refractivity contribution in [1.29, 1.82) is 0 Å². The van der Waals surface area contributed by atoms with E-state index in [1.54, 1.807) is 6.08 Å². The van der Waals surface area contributed by atoms with Crippen molar-refractivity contribution in [2.24, 2.45) is 17.3 Å². The number of carbonyl (C=O) groups excluding carboxylic acids is 1. The molecule has 2 nitrogen and oxygen atoms in total. The highest BCUT2D eigenvalue weighted by Crippen LogP contribution is 2.59. The molecule has 2 bridgehead atoms. The average Bonchev–Trinajstić information content (AvgIpc) is 2.38. The smallest absolute Gasteiger partial charge is 0.159 e. The SMILES string of the molecule is Cc1ccc(C(O)CC2=CC(=O)C3CC2C3(C)C)cc1. The Morgan fingerprint density at radius 1 is 1.25 bits per heavy atom. The zero-order chi connectivity index (χ0) is 14.5. The second kappa shape index (κ2) is 4.56. The molecule has 2 heteroatoms. The fourth-order valence-corrected chi connectivity index (χ4v) is 3.75. The first kappa shape index (κ1) is 13.6. The maximum Gasteiger partial charge on any atom is 0.159 e. The van der Waals surface area contributed by atoms with Gasteiger partial charge in [-0.15, -0.1) is 0 Å². The summed E-state index contributed by atoms with van der Waals surface area (Å²) in [6.45, 7) is 6.39. The summed E-state index contributed by atoms with van der Waals surface area (Å²) in [5, 5.41) is 10.4. The van der Waals surface area contributed by atoms with Gasteiger partial charge < -0.3 is 5.11 Å². The Bertz CT molecular complexity index is 566. The van der Waals surface area contributed by atoms with Crippen LogP contribution >= 0.6 is 0 Å². The van der Waals surface area contributed by atoms with Gasteiger partial charge in [0.15, 0.2) is 5.78 Å². The van der Waals surface area contributed by atoms with Gasteiger partial charge in [-0.3, -0.25) is 4.79 Å².